The quantitative estimate of drug-likeness (QED) is 0.721. The molecular formula is C13H15N5O2S2. The average molecular weight is 337 g/mol. The number of hydrogen-bond acceptors (Lipinski definition) is 7. The highest BCUT2D eigenvalue weighted by Crippen LogP contribution is 2.28. The monoisotopic (exact) mass is 337 g/mol. The van der Waals surface area contributed by atoms with Crippen molar-refractivity contribution in [2.24, 2.45) is 5.73 Å². The number of primary amides is 1. The van der Waals surface area contributed by atoms with Crippen LogP contribution in [0, 0.1) is 13.8 Å². The van der Waals surface area contributed by atoms with Gasteiger partial charge in [0.2, 0.25) is 11.0 Å². The number of rotatable bonds is 5. The van der Waals surface area contributed by atoms with Crippen molar-refractivity contribution < 1.29 is 9.59 Å². The fourth-order valence-corrected chi connectivity index (χ4v) is 3.13. The number of amides is 3. The second-order valence-electron chi connectivity index (χ2n) is 4.50. The van der Waals surface area contributed by atoms with Crippen molar-refractivity contribution in [3.63, 3.8) is 0 Å². The van der Waals surface area contributed by atoms with Gasteiger partial charge in [0.15, 0.2) is 4.34 Å². The molecule has 0 saturated heterocycles. The maximum absolute atomic E-state index is 11.3. The Morgan fingerprint density at radius 2 is 2.05 bits per heavy atom. The van der Waals surface area contributed by atoms with Crippen LogP contribution in [0.25, 0.3) is 0 Å². The van der Waals surface area contributed by atoms with Crippen LogP contribution in [0.3, 0.4) is 0 Å². The summed E-state index contributed by atoms with van der Waals surface area (Å²) in [6.45, 7) is 4.09. The molecule has 7 nitrogen and oxygen atoms in total. The van der Waals surface area contributed by atoms with E-state index in [0.29, 0.717) is 9.47 Å². The number of benzene rings is 1. The van der Waals surface area contributed by atoms with Crippen LogP contribution in [0.4, 0.5) is 15.6 Å². The van der Waals surface area contributed by atoms with Crippen molar-refractivity contribution in [3.8, 4) is 0 Å². The number of imide groups is 1. The first-order valence-corrected chi connectivity index (χ1v) is 8.14. The molecule has 4 N–H and O–H groups in total. The maximum atomic E-state index is 11.3. The van der Waals surface area contributed by atoms with Gasteiger partial charge in [-0.25, -0.2) is 4.79 Å². The zero-order valence-corrected chi connectivity index (χ0v) is 13.7. The lowest BCUT2D eigenvalue weighted by Gasteiger charge is -2.05. The molecule has 1 aromatic carbocycles. The molecule has 2 rings (SSSR count). The Morgan fingerprint density at radius 1 is 1.27 bits per heavy atom. The molecule has 0 fully saturated rings. The molecule has 0 spiro atoms. The predicted octanol–water partition coefficient (Wildman–Crippen LogP) is 2.19. The molecule has 0 atom stereocenters. The third-order valence-corrected chi connectivity index (χ3v) is 4.73. The Balaban J connectivity index is 1.92. The zero-order chi connectivity index (χ0) is 16.1. The molecule has 0 saturated carbocycles. The summed E-state index contributed by atoms with van der Waals surface area (Å²) < 4.78 is 0.631. The van der Waals surface area contributed by atoms with Crippen LogP contribution in [-0.4, -0.2) is 27.9 Å². The molecule has 1 aromatic heterocycles. The number of thioether (sulfide) groups is 1. The first kappa shape index (κ1) is 16.2. The minimum absolute atomic E-state index is 0.0568. The summed E-state index contributed by atoms with van der Waals surface area (Å²) in [5.74, 6) is -0.405. The maximum Gasteiger partial charge on any atom is 0.318 e. The number of carbonyl (C=O) groups is 2. The van der Waals surface area contributed by atoms with Gasteiger partial charge in [-0.3, -0.25) is 10.1 Å². The van der Waals surface area contributed by atoms with Gasteiger partial charge >= 0.3 is 6.03 Å². The van der Waals surface area contributed by atoms with Crippen molar-refractivity contribution in [2.75, 3.05) is 11.1 Å². The molecule has 0 radical (unpaired) electrons. The van der Waals surface area contributed by atoms with Crippen LogP contribution in [0.2, 0.25) is 0 Å². The lowest BCUT2D eigenvalue weighted by atomic mass is 10.1. The fourth-order valence-electron chi connectivity index (χ4n) is 1.56. The van der Waals surface area contributed by atoms with E-state index in [0.717, 1.165) is 5.69 Å². The van der Waals surface area contributed by atoms with Crippen LogP contribution in [0.1, 0.15) is 11.1 Å². The van der Waals surface area contributed by atoms with Gasteiger partial charge in [0, 0.05) is 5.69 Å². The topological polar surface area (TPSA) is 110 Å². The van der Waals surface area contributed by atoms with E-state index in [9.17, 15) is 9.59 Å². The lowest BCUT2D eigenvalue weighted by molar-refractivity contribution is -0.117. The number of aryl methyl sites for hydroxylation is 2. The van der Waals surface area contributed by atoms with Crippen LogP contribution in [0.15, 0.2) is 22.5 Å². The Hall–Kier alpha value is -2.13. The molecule has 0 aliphatic heterocycles. The number of urea groups is 1. The first-order valence-electron chi connectivity index (χ1n) is 6.34. The number of nitrogens with zero attached hydrogens (tertiary/aromatic N) is 2. The first-order chi connectivity index (χ1) is 10.4. The largest absolute Gasteiger partial charge is 0.351 e. The van der Waals surface area contributed by atoms with E-state index in [1.54, 1.807) is 0 Å². The number of carbonyl (C=O) groups excluding carboxylic acids is 2. The summed E-state index contributed by atoms with van der Waals surface area (Å²) in [6.07, 6.45) is 0. The van der Waals surface area contributed by atoms with E-state index in [1.807, 2.05) is 30.4 Å². The van der Waals surface area contributed by atoms with E-state index >= 15 is 0 Å². The molecule has 0 unspecified atom stereocenters. The normalized spacial score (nSPS) is 10.3. The number of aromatic nitrogens is 2. The van der Waals surface area contributed by atoms with Crippen molar-refractivity contribution in [1.82, 2.24) is 15.5 Å². The predicted molar refractivity (Wildman–Crippen MR) is 87.6 cm³/mol. The summed E-state index contributed by atoms with van der Waals surface area (Å²) in [5.41, 5.74) is 8.20. The average Bonchev–Trinajstić information content (AvgIpc) is 2.88. The van der Waals surface area contributed by atoms with E-state index in [4.69, 9.17) is 5.73 Å². The van der Waals surface area contributed by atoms with Crippen LogP contribution < -0.4 is 16.4 Å². The van der Waals surface area contributed by atoms with Crippen LogP contribution >= 0.6 is 23.1 Å². The van der Waals surface area contributed by atoms with E-state index in [2.05, 4.69) is 22.4 Å². The molecule has 1 heterocycles. The molecule has 0 bridgehead atoms. The number of nitrogens with one attached hydrogen (secondary N) is 2. The van der Waals surface area contributed by atoms with Crippen molar-refractivity contribution in [2.45, 2.75) is 18.2 Å². The highest BCUT2D eigenvalue weighted by Gasteiger charge is 2.09. The molecule has 9 heteroatoms. The Labute approximate surface area is 135 Å². The minimum Gasteiger partial charge on any atom is -0.351 e. The molecule has 2 aromatic rings. The van der Waals surface area contributed by atoms with Gasteiger partial charge in [0.1, 0.15) is 0 Å². The minimum atomic E-state index is -0.861. The standard InChI is InChI=1S/C13H15N5O2S2/c1-7-3-4-9(5-8(7)2)15-12-17-18-13(22-12)21-6-10(19)16-11(14)20/h3-5H,6H2,1-2H3,(H,15,17)(H3,14,16,19,20). The Morgan fingerprint density at radius 3 is 2.73 bits per heavy atom. The second-order valence-corrected chi connectivity index (χ2v) is 6.70. The van der Waals surface area contributed by atoms with Gasteiger partial charge in [-0.1, -0.05) is 29.2 Å². The number of nitrogens with two attached hydrogens (primary N) is 1. The SMILES string of the molecule is Cc1ccc(Nc2nnc(SCC(=O)NC(N)=O)s2)cc1C. The summed E-state index contributed by atoms with van der Waals surface area (Å²) in [7, 11) is 0. The zero-order valence-electron chi connectivity index (χ0n) is 12.0. The van der Waals surface area contributed by atoms with E-state index in [1.165, 1.54) is 34.2 Å². The molecule has 22 heavy (non-hydrogen) atoms. The summed E-state index contributed by atoms with van der Waals surface area (Å²) in [4.78, 5) is 21.8. The van der Waals surface area contributed by atoms with Crippen molar-refractivity contribution in [3.05, 3.63) is 29.3 Å². The van der Waals surface area contributed by atoms with Gasteiger partial charge in [-0.05, 0) is 37.1 Å². The Kier molecular flexibility index (Phi) is 5.34. The summed E-state index contributed by atoms with van der Waals surface area (Å²) >= 11 is 2.52. The summed E-state index contributed by atoms with van der Waals surface area (Å²) in [6, 6.07) is 5.17. The van der Waals surface area contributed by atoms with Gasteiger partial charge in [-0.15, -0.1) is 10.2 Å². The number of anilines is 2. The van der Waals surface area contributed by atoms with Gasteiger partial charge in [-0.2, -0.15) is 0 Å². The molecule has 0 aliphatic carbocycles. The third-order valence-electron chi connectivity index (χ3n) is 2.75. The van der Waals surface area contributed by atoms with Crippen LogP contribution in [-0.2, 0) is 4.79 Å². The van der Waals surface area contributed by atoms with Crippen molar-refractivity contribution in [1.29, 1.82) is 0 Å². The smallest absolute Gasteiger partial charge is 0.318 e. The van der Waals surface area contributed by atoms with E-state index < -0.39 is 11.9 Å². The number of hydrogen-bond donors (Lipinski definition) is 3. The molecule has 3 amide bonds. The fraction of sp³-hybridized carbons (Fsp3) is 0.231. The van der Waals surface area contributed by atoms with Crippen molar-refractivity contribution >= 4 is 45.9 Å². The Bertz CT molecular complexity index is 701. The highest BCUT2D eigenvalue weighted by molar-refractivity contribution is 8.01. The third kappa shape index (κ3) is 4.71. The van der Waals surface area contributed by atoms with Crippen LogP contribution in [0.5, 0.6) is 0 Å². The van der Waals surface area contributed by atoms with Gasteiger partial charge in [0.25, 0.3) is 0 Å². The summed E-state index contributed by atoms with van der Waals surface area (Å²) in [5, 5.41) is 13.8. The highest BCUT2D eigenvalue weighted by atomic mass is 32.2. The molecule has 0 aliphatic rings. The van der Waals surface area contributed by atoms with E-state index in [-0.39, 0.29) is 5.75 Å². The second kappa shape index (κ2) is 7.23. The van der Waals surface area contributed by atoms with Gasteiger partial charge < -0.3 is 11.1 Å². The van der Waals surface area contributed by atoms with Gasteiger partial charge in [0.05, 0.1) is 5.75 Å². The molecular weight excluding hydrogens is 322 g/mol. The molecule has 116 valence electrons. The lowest BCUT2D eigenvalue weighted by Crippen LogP contribution is -2.36.